The molecule has 106 valence electrons. The summed E-state index contributed by atoms with van der Waals surface area (Å²) < 4.78 is 0. The summed E-state index contributed by atoms with van der Waals surface area (Å²) in [5.41, 5.74) is 4.42. The highest BCUT2D eigenvalue weighted by Crippen LogP contribution is 2.25. The molecule has 0 atom stereocenters. The molecule has 0 bridgehead atoms. The van der Waals surface area contributed by atoms with E-state index in [0.717, 1.165) is 11.1 Å². The van der Waals surface area contributed by atoms with Crippen LogP contribution in [0.4, 0.5) is 0 Å². The molecule has 4 nitrogen and oxygen atoms in total. The van der Waals surface area contributed by atoms with E-state index < -0.39 is 0 Å². The Hall–Kier alpha value is -2.88. The Bertz CT molecular complexity index is 805. The Morgan fingerprint density at radius 1 is 0.591 bits per heavy atom. The minimum Gasteiger partial charge on any atom is -0.294 e. The molecule has 2 aliphatic carbocycles. The van der Waals surface area contributed by atoms with Gasteiger partial charge in [0.2, 0.25) is 0 Å². The lowest BCUT2D eigenvalue weighted by molar-refractivity contribution is 0.0997. The Balaban J connectivity index is 1.75. The van der Waals surface area contributed by atoms with Crippen molar-refractivity contribution in [1.82, 2.24) is 0 Å². The fourth-order valence-electron chi connectivity index (χ4n) is 2.94. The highest BCUT2D eigenvalue weighted by atomic mass is 16.1. The van der Waals surface area contributed by atoms with Crippen LogP contribution in [0, 0.1) is 0 Å². The van der Waals surface area contributed by atoms with Gasteiger partial charge in [0.1, 0.15) is 0 Å². The quantitative estimate of drug-likeness (QED) is 0.757. The van der Waals surface area contributed by atoms with Crippen LogP contribution in [0.5, 0.6) is 0 Å². The maximum absolute atomic E-state index is 11.9. The molecule has 0 amide bonds. The Labute approximate surface area is 127 Å². The minimum atomic E-state index is 0.0671. The van der Waals surface area contributed by atoms with Crippen LogP contribution in [0.2, 0.25) is 0 Å². The minimum absolute atomic E-state index is 0.0671. The van der Waals surface area contributed by atoms with Gasteiger partial charge in [-0.1, -0.05) is 48.5 Å². The zero-order valence-corrected chi connectivity index (χ0v) is 11.7. The summed E-state index contributed by atoms with van der Waals surface area (Å²) in [7, 11) is 0. The van der Waals surface area contributed by atoms with E-state index in [4.69, 9.17) is 0 Å². The molecule has 0 aliphatic heterocycles. The van der Waals surface area contributed by atoms with Crippen molar-refractivity contribution < 1.29 is 9.59 Å². The van der Waals surface area contributed by atoms with Crippen molar-refractivity contribution in [2.45, 2.75) is 12.8 Å². The van der Waals surface area contributed by atoms with Crippen molar-refractivity contribution in [3.63, 3.8) is 0 Å². The number of Topliss-reactive ketones (excluding diaryl/α,β-unsaturated/α-hetero) is 2. The van der Waals surface area contributed by atoms with E-state index >= 15 is 0 Å². The molecule has 0 saturated heterocycles. The second-order valence-electron chi connectivity index (χ2n) is 5.38. The molecule has 0 N–H and O–H groups in total. The highest BCUT2D eigenvalue weighted by Gasteiger charge is 2.27. The summed E-state index contributed by atoms with van der Waals surface area (Å²) in [6, 6.07) is 14.8. The predicted molar refractivity (Wildman–Crippen MR) is 83.9 cm³/mol. The molecule has 4 rings (SSSR count). The summed E-state index contributed by atoms with van der Waals surface area (Å²) >= 11 is 0. The third kappa shape index (κ3) is 1.92. The van der Waals surface area contributed by atoms with Gasteiger partial charge in [0.25, 0.3) is 0 Å². The number of fused-ring (bicyclic) bond motifs is 2. The van der Waals surface area contributed by atoms with Gasteiger partial charge >= 0.3 is 0 Å². The molecule has 4 heteroatoms. The summed E-state index contributed by atoms with van der Waals surface area (Å²) in [4.78, 5) is 23.9. The van der Waals surface area contributed by atoms with Gasteiger partial charge in [-0.25, -0.2) is 0 Å². The largest absolute Gasteiger partial charge is 0.294 e. The fraction of sp³-hybridized carbons (Fsp3) is 0.111. The van der Waals surface area contributed by atoms with E-state index in [1.807, 2.05) is 48.5 Å². The van der Waals surface area contributed by atoms with Crippen LogP contribution in [-0.4, -0.2) is 23.0 Å². The number of hydrogen-bond donors (Lipinski definition) is 0. The van der Waals surface area contributed by atoms with Crippen molar-refractivity contribution in [1.29, 1.82) is 0 Å². The molecule has 22 heavy (non-hydrogen) atoms. The van der Waals surface area contributed by atoms with Gasteiger partial charge in [-0.05, 0) is 0 Å². The number of rotatable bonds is 1. The molecular weight excluding hydrogens is 276 g/mol. The Morgan fingerprint density at radius 3 is 1.36 bits per heavy atom. The smallest absolute Gasteiger partial charge is 0.169 e. The van der Waals surface area contributed by atoms with E-state index in [9.17, 15) is 9.59 Å². The average molecular weight is 288 g/mol. The van der Waals surface area contributed by atoms with E-state index in [2.05, 4.69) is 10.2 Å². The number of hydrogen-bond acceptors (Lipinski definition) is 4. The van der Waals surface area contributed by atoms with Gasteiger partial charge in [0.05, 0.1) is 24.3 Å². The fourth-order valence-corrected chi connectivity index (χ4v) is 2.94. The van der Waals surface area contributed by atoms with E-state index in [-0.39, 0.29) is 24.4 Å². The molecular formula is C18H12N2O2. The third-order valence-corrected chi connectivity index (χ3v) is 4.02. The topological polar surface area (TPSA) is 58.9 Å². The van der Waals surface area contributed by atoms with Gasteiger partial charge in [-0.15, -0.1) is 0 Å². The molecule has 2 aliphatic rings. The molecule has 2 aromatic carbocycles. The lowest BCUT2D eigenvalue weighted by atomic mass is 10.1. The second-order valence-corrected chi connectivity index (χ2v) is 5.38. The Morgan fingerprint density at radius 2 is 0.955 bits per heavy atom. The van der Waals surface area contributed by atoms with Crippen LogP contribution in [0.25, 0.3) is 0 Å². The van der Waals surface area contributed by atoms with Gasteiger partial charge < -0.3 is 0 Å². The van der Waals surface area contributed by atoms with Gasteiger partial charge in [0, 0.05) is 22.3 Å². The highest BCUT2D eigenvalue weighted by molar-refractivity contribution is 6.28. The predicted octanol–water partition coefficient (Wildman–Crippen LogP) is 3.05. The second kappa shape index (κ2) is 4.84. The molecule has 0 heterocycles. The van der Waals surface area contributed by atoms with Crippen LogP contribution in [0.1, 0.15) is 44.7 Å². The van der Waals surface area contributed by atoms with Crippen molar-refractivity contribution in [2.24, 2.45) is 10.2 Å². The number of carbonyl (C=O) groups is 2. The van der Waals surface area contributed by atoms with Gasteiger partial charge in [0.15, 0.2) is 11.6 Å². The number of nitrogens with zero attached hydrogens (tertiary/aromatic N) is 2. The van der Waals surface area contributed by atoms with Crippen LogP contribution in [-0.2, 0) is 0 Å². The molecule has 0 saturated carbocycles. The van der Waals surface area contributed by atoms with Crippen LogP contribution >= 0.6 is 0 Å². The molecule has 0 spiro atoms. The summed E-state index contributed by atoms with van der Waals surface area (Å²) in [6.45, 7) is 0. The van der Waals surface area contributed by atoms with Crippen molar-refractivity contribution >= 4 is 23.0 Å². The first-order valence-electron chi connectivity index (χ1n) is 7.12. The lowest BCUT2D eigenvalue weighted by Crippen LogP contribution is -1.98. The average Bonchev–Trinajstić information content (AvgIpc) is 3.04. The normalized spacial score (nSPS) is 19.8. The van der Waals surface area contributed by atoms with Crippen LogP contribution in [0.15, 0.2) is 58.7 Å². The van der Waals surface area contributed by atoms with E-state index in [0.29, 0.717) is 22.6 Å². The molecule has 2 aromatic rings. The zero-order chi connectivity index (χ0) is 15.1. The van der Waals surface area contributed by atoms with E-state index in [1.165, 1.54) is 0 Å². The first kappa shape index (κ1) is 12.8. The lowest BCUT2D eigenvalue weighted by Gasteiger charge is -1.98. The molecule has 0 aromatic heterocycles. The SMILES string of the molecule is O=C1C/C(=N/N=C2\CC(=O)c3ccccc32)c2ccccc21. The summed E-state index contributed by atoms with van der Waals surface area (Å²) in [5, 5.41) is 8.52. The zero-order valence-electron chi connectivity index (χ0n) is 11.7. The summed E-state index contributed by atoms with van der Waals surface area (Å²) in [5.74, 6) is 0.134. The van der Waals surface area contributed by atoms with Crippen molar-refractivity contribution in [2.75, 3.05) is 0 Å². The number of carbonyl (C=O) groups excluding carboxylic acids is 2. The van der Waals surface area contributed by atoms with Gasteiger partial charge in [-0.3, -0.25) is 9.59 Å². The molecule has 0 unspecified atom stereocenters. The van der Waals surface area contributed by atoms with Crippen LogP contribution in [0.3, 0.4) is 0 Å². The molecule has 0 radical (unpaired) electrons. The maximum Gasteiger partial charge on any atom is 0.169 e. The van der Waals surface area contributed by atoms with Crippen molar-refractivity contribution in [3.05, 3.63) is 70.8 Å². The standard InChI is InChI=1S/C18H12N2O2/c21-17-9-15(11-5-1-3-7-13(11)17)19-20-16-10-18(22)14-8-4-2-6-12(14)16/h1-8H,9-10H2/b19-15-,20-16+. The first-order valence-corrected chi connectivity index (χ1v) is 7.12. The number of benzene rings is 2. The first-order chi connectivity index (χ1) is 10.7. The third-order valence-electron chi connectivity index (χ3n) is 4.02. The monoisotopic (exact) mass is 288 g/mol. The van der Waals surface area contributed by atoms with Gasteiger partial charge in [-0.2, -0.15) is 10.2 Å². The molecule has 0 fully saturated rings. The Kier molecular flexibility index (Phi) is 2.82. The summed E-state index contributed by atoms with van der Waals surface area (Å²) in [6.07, 6.45) is 0.539. The number of ketones is 2. The van der Waals surface area contributed by atoms with Crippen molar-refractivity contribution in [3.8, 4) is 0 Å². The van der Waals surface area contributed by atoms with E-state index in [1.54, 1.807) is 0 Å². The maximum atomic E-state index is 11.9. The van der Waals surface area contributed by atoms with Crippen LogP contribution < -0.4 is 0 Å².